The van der Waals surface area contributed by atoms with E-state index in [0.717, 1.165) is 42.9 Å². The first-order valence-corrected chi connectivity index (χ1v) is 8.13. The minimum Gasteiger partial charge on any atom is -0.378 e. The van der Waals surface area contributed by atoms with Gasteiger partial charge in [-0.3, -0.25) is 4.79 Å². The second kappa shape index (κ2) is 7.79. The van der Waals surface area contributed by atoms with Gasteiger partial charge >= 0.3 is 0 Å². The van der Waals surface area contributed by atoms with Crippen molar-refractivity contribution in [2.45, 2.75) is 31.8 Å². The van der Waals surface area contributed by atoms with Crippen LogP contribution in [-0.2, 0) is 9.53 Å². The summed E-state index contributed by atoms with van der Waals surface area (Å²) in [6.45, 7) is 0.835. The number of amides is 1. The van der Waals surface area contributed by atoms with Crippen LogP contribution in [-0.4, -0.2) is 18.6 Å². The highest BCUT2D eigenvalue weighted by Crippen LogP contribution is 2.20. The Labute approximate surface area is 136 Å². The van der Waals surface area contributed by atoms with Crippen LogP contribution in [0.15, 0.2) is 54.6 Å². The molecule has 1 amide bonds. The molecule has 0 radical (unpaired) electrons. The number of ether oxygens (including phenoxy) is 1. The number of rotatable bonds is 6. The van der Waals surface area contributed by atoms with Crippen molar-refractivity contribution in [3.63, 3.8) is 0 Å². The van der Waals surface area contributed by atoms with Crippen LogP contribution in [0.4, 0.5) is 17.1 Å². The largest absolute Gasteiger partial charge is 0.378 e. The zero-order valence-electron chi connectivity index (χ0n) is 13.1. The molecule has 3 rings (SSSR count). The molecule has 0 spiro atoms. The Hall–Kier alpha value is -2.33. The molecule has 0 saturated carbocycles. The fourth-order valence-corrected chi connectivity index (χ4v) is 2.71. The van der Waals surface area contributed by atoms with Gasteiger partial charge in [-0.05, 0) is 55.7 Å². The van der Waals surface area contributed by atoms with Crippen molar-refractivity contribution in [1.29, 1.82) is 0 Å². The predicted molar refractivity (Wildman–Crippen MR) is 93.0 cm³/mol. The molecule has 0 aliphatic carbocycles. The van der Waals surface area contributed by atoms with Crippen molar-refractivity contribution in [2.24, 2.45) is 0 Å². The van der Waals surface area contributed by atoms with Crippen LogP contribution in [0.25, 0.3) is 0 Å². The van der Waals surface area contributed by atoms with Gasteiger partial charge in [0, 0.05) is 30.1 Å². The molecule has 1 saturated heterocycles. The molecule has 2 N–H and O–H groups in total. The average Bonchev–Trinajstić information content (AvgIpc) is 3.09. The van der Waals surface area contributed by atoms with E-state index < -0.39 is 0 Å². The number of carbonyl (C=O) groups excluding carboxylic acids is 1. The SMILES string of the molecule is O=C(CCC1CCCO1)Nc1ccc(Nc2ccccc2)cc1. The molecule has 23 heavy (non-hydrogen) atoms. The molecular weight excluding hydrogens is 288 g/mol. The van der Waals surface area contributed by atoms with E-state index in [2.05, 4.69) is 10.6 Å². The quantitative estimate of drug-likeness (QED) is 0.835. The van der Waals surface area contributed by atoms with E-state index in [1.54, 1.807) is 0 Å². The third kappa shape index (κ3) is 4.83. The Morgan fingerprint density at radius 2 is 1.70 bits per heavy atom. The van der Waals surface area contributed by atoms with Gasteiger partial charge in [-0.1, -0.05) is 18.2 Å². The van der Waals surface area contributed by atoms with Crippen LogP contribution in [0.2, 0.25) is 0 Å². The highest BCUT2D eigenvalue weighted by molar-refractivity contribution is 5.90. The molecule has 1 heterocycles. The van der Waals surface area contributed by atoms with Crippen molar-refractivity contribution in [3.05, 3.63) is 54.6 Å². The first-order chi connectivity index (χ1) is 11.3. The molecule has 1 unspecified atom stereocenters. The lowest BCUT2D eigenvalue weighted by molar-refractivity contribution is -0.116. The van der Waals surface area contributed by atoms with Gasteiger partial charge in [-0.15, -0.1) is 0 Å². The number of benzene rings is 2. The van der Waals surface area contributed by atoms with Crippen LogP contribution in [0, 0.1) is 0 Å². The summed E-state index contributed by atoms with van der Waals surface area (Å²) in [5.74, 6) is 0.0456. The zero-order chi connectivity index (χ0) is 15.9. The van der Waals surface area contributed by atoms with Crippen molar-refractivity contribution >= 4 is 23.0 Å². The average molecular weight is 310 g/mol. The number of hydrogen-bond donors (Lipinski definition) is 2. The van der Waals surface area contributed by atoms with Gasteiger partial charge < -0.3 is 15.4 Å². The standard InChI is InChI=1S/C19H22N2O2/c22-19(13-12-18-7-4-14-23-18)21-17-10-8-16(9-11-17)20-15-5-2-1-3-6-15/h1-3,5-6,8-11,18,20H,4,7,12-14H2,(H,21,22). The molecule has 4 heteroatoms. The predicted octanol–water partition coefficient (Wildman–Crippen LogP) is 4.33. The second-order valence-corrected chi connectivity index (χ2v) is 5.79. The first-order valence-electron chi connectivity index (χ1n) is 8.13. The summed E-state index contributed by atoms with van der Waals surface area (Å²) < 4.78 is 5.54. The van der Waals surface area contributed by atoms with Gasteiger partial charge in [0.2, 0.25) is 5.91 Å². The minimum atomic E-state index is 0.0456. The zero-order valence-corrected chi connectivity index (χ0v) is 13.1. The molecule has 1 fully saturated rings. The van der Waals surface area contributed by atoms with Gasteiger partial charge in [-0.25, -0.2) is 0 Å². The van der Waals surface area contributed by atoms with E-state index in [9.17, 15) is 4.79 Å². The molecule has 1 aliphatic rings. The molecule has 1 atom stereocenters. The second-order valence-electron chi connectivity index (χ2n) is 5.79. The summed E-state index contributed by atoms with van der Waals surface area (Å²) in [6, 6.07) is 17.7. The monoisotopic (exact) mass is 310 g/mol. The summed E-state index contributed by atoms with van der Waals surface area (Å²) in [6.07, 6.45) is 3.77. The highest BCUT2D eigenvalue weighted by atomic mass is 16.5. The maximum Gasteiger partial charge on any atom is 0.224 e. The number of nitrogens with one attached hydrogen (secondary N) is 2. The van der Waals surface area contributed by atoms with Gasteiger partial charge in [0.25, 0.3) is 0 Å². The smallest absolute Gasteiger partial charge is 0.224 e. The topological polar surface area (TPSA) is 50.4 Å². The normalized spacial score (nSPS) is 17.0. The molecular formula is C19H22N2O2. The van der Waals surface area contributed by atoms with Crippen LogP contribution in [0.1, 0.15) is 25.7 Å². The minimum absolute atomic E-state index is 0.0456. The first kappa shape index (κ1) is 15.6. The molecule has 1 aliphatic heterocycles. The Morgan fingerprint density at radius 3 is 2.39 bits per heavy atom. The van der Waals surface area contributed by atoms with Gasteiger partial charge in [0.15, 0.2) is 0 Å². The van der Waals surface area contributed by atoms with Crippen LogP contribution >= 0.6 is 0 Å². The van der Waals surface area contributed by atoms with Crippen LogP contribution < -0.4 is 10.6 Å². The van der Waals surface area contributed by atoms with E-state index in [1.165, 1.54) is 0 Å². The fourth-order valence-electron chi connectivity index (χ4n) is 2.71. The van der Waals surface area contributed by atoms with E-state index in [1.807, 2.05) is 54.6 Å². The van der Waals surface area contributed by atoms with E-state index in [-0.39, 0.29) is 12.0 Å². The van der Waals surface area contributed by atoms with Crippen molar-refractivity contribution < 1.29 is 9.53 Å². The number of anilines is 3. The van der Waals surface area contributed by atoms with E-state index in [0.29, 0.717) is 6.42 Å². The summed E-state index contributed by atoms with van der Waals surface area (Å²) in [5.41, 5.74) is 2.86. The molecule has 4 nitrogen and oxygen atoms in total. The number of hydrogen-bond acceptors (Lipinski definition) is 3. The van der Waals surface area contributed by atoms with E-state index >= 15 is 0 Å². The Bertz CT molecular complexity index is 620. The lowest BCUT2D eigenvalue weighted by atomic mass is 10.1. The van der Waals surface area contributed by atoms with Crippen molar-refractivity contribution in [1.82, 2.24) is 0 Å². The van der Waals surface area contributed by atoms with Crippen molar-refractivity contribution in [3.8, 4) is 0 Å². The van der Waals surface area contributed by atoms with Gasteiger partial charge in [0.05, 0.1) is 6.10 Å². The number of carbonyl (C=O) groups is 1. The maximum atomic E-state index is 12.0. The molecule has 120 valence electrons. The molecule has 2 aromatic carbocycles. The van der Waals surface area contributed by atoms with Crippen molar-refractivity contribution in [2.75, 3.05) is 17.2 Å². The Kier molecular flexibility index (Phi) is 5.27. The highest BCUT2D eigenvalue weighted by Gasteiger charge is 2.16. The summed E-state index contributed by atoms with van der Waals surface area (Å²) in [7, 11) is 0. The lowest BCUT2D eigenvalue weighted by Crippen LogP contribution is -2.15. The molecule has 0 aromatic heterocycles. The summed E-state index contributed by atoms with van der Waals surface area (Å²) in [4.78, 5) is 12.0. The number of para-hydroxylation sites is 1. The van der Waals surface area contributed by atoms with Crippen LogP contribution in [0.3, 0.4) is 0 Å². The maximum absolute atomic E-state index is 12.0. The lowest BCUT2D eigenvalue weighted by Gasteiger charge is -2.10. The van der Waals surface area contributed by atoms with Gasteiger partial charge in [0.1, 0.15) is 0 Å². The molecule has 2 aromatic rings. The van der Waals surface area contributed by atoms with Crippen LogP contribution in [0.5, 0.6) is 0 Å². The summed E-state index contributed by atoms with van der Waals surface area (Å²) in [5, 5.41) is 6.25. The van der Waals surface area contributed by atoms with E-state index in [4.69, 9.17) is 4.74 Å². The Morgan fingerprint density at radius 1 is 1.00 bits per heavy atom. The van der Waals surface area contributed by atoms with Gasteiger partial charge in [-0.2, -0.15) is 0 Å². The Balaban J connectivity index is 1.47. The third-order valence-electron chi connectivity index (χ3n) is 3.95. The fraction of sp³-hybridized carbons (Fsp3) is 0.316. The summed E-state index contributed by atoms with van der Waals surface area (Å²) >= 11 is 0. The molecule has 0 bridgehead atoms. The third-order valence-corrected chi connectivity index (χ3v) is 3.95.